The maximum atomic E-state index is 13.0. The highest BCUT2D eigenvalue weighted by Crippen LogP contribution is 2.13. The van der Waals surface area contributed by atoms with E-state index >= 15 is 0 Å². The molecule has 0 atom stereocenters. The predicted octanol–water partition coefficient (Wildman–Crippen LogP) is 2.67. The van der Waals surface area contributed by atoms with Crippen LogP contribution in [-0.4, -0.2) is 34.4 Å². The Kier molecular flexibility index (Phi) is 5.13. The summed E-state index contributed by atoms with van der Waals surface area (Å²) < 4.78 is 14.8. The van der Waals surface area contributed by atoms with Crippen LogP contribution >= 0.6 is 11.3 Å². The number of aromatic nitrogens is 1. The summed E-state index contributed by atoms with van der Waals surface area (Å²) in [6.45, 7) is 5.64. The van der Waals surface area contributed by atoms with E-state index in [9.17, 15) is 14.0 Å². The van der Waals surface area contributed by atoms with Gasteiger partial charge in [0.15, 0.2) is 4.80 Å². The van der Waals surface area contributed by atoms with Gasteiger partial charge in [-0.15, -0.1) is 11.3 Å². The van der Waals surface area contributed by atoms with Crippen LogP contribution in [0, 0.1) is 19.7 Å². The molecular weight excluding hydrogens is 341 g/mol. The number of rotatable bonds is 3. The molecule has 0 radical (unpaired) electrons. The van der Waals surface area contributed by atoms with Crippen molar-refractivity contribution in [2.24, 2.45) is 4.99 Å². The molecule has 7 heteroatoms. The van der Waals surface area contributed by atoms with Gasteiger partial charge in [0.25, 0.3) is 5.91 Å². The highest BCUT2D eigenvalue weighted by Gasteiger charge is 2.20. The summed E-state index contributed by atoms with van der Waals surface area (Å²) in [4.78, 5) is 32.3. The summed E-state index contributed by atoms with van der Waals surface area (Å²) in [5.74, 6) is -0.789. The van der Waals surface area contributed by atoms with Crippen LogP contribution < -0.4 is 4.80 Å². The second kappa shape index (κ2) is 7.31. The lowest BCUT2D eigenvalue weighted by Gasteiger charge is -2.16. The number of aryl methyl sites for hydroxylation is 1. The Morgan fingerprint density at radius 3 is 2.44 bits per heavy atom. The number of halogens is 1. The van der Waals surface area contributed by atoms with Gasteiger partial charge < -0.3 is 9.47 Å². The summed E-state index contributed by atoms with van der Waals surface area (Å²) in [6.07, 6.45) is 2.08. The minimum Gasteiger partial charge on any atom is -0.341 e. The summed E-state index contributed by atoms with van der Waals surface area (Å²) in [5.41, 5.74) is 1.26. The highest BCUT2D eigenvalue weighted by atomic mass is 32.1. The first kappa shape index (κ1) is 17.5. The van der Waals surface area contributed by atoms with Crippen LogP contribution in [0.2, 0.25) is 0 Å². The topological polar surface area (TPSA) is 54.7 Å². The van der Waals surface area contributed by atoms with Crippen molar-refractivity contribution in [1.82, 2.24) is 9.47 Å². The van der Waals surface area contributed by atoms with Gasteiger partial charge in [-0.25, -0.2) is 4.39 Å². The molecule has 0 N–H and O–H groups in total. The second-order valence-corrected chi connectivity index (χ2v) is 7.31. The lowest BCUT2D eigenvalue weighted by molar-refractivity contribution is -0.130. The zero-order chi connectivity index (χ0) is 18.0. The van der Waals surface area contributed by atoms with Crippen LogP contribution in [0.5, 0.6) is 0 Å². The molecule has 1 fully saturated rings. The first-order valence-electron chi connectivity index (χ1n) is 8.25. The van der Waals surface area contributed by atoms with Gasteiger partial charge >= 0.3 is 0 Å². The van der Waals surface area contributed by atoms with Crippen molar-refractivity contribution in [3.8, 4) is 0 Å². The van der Waals surface area contributed by atoms with Crippen LogP contribution in [0.3, 0.4) is 0 Å². The zero-order valence-corrected chi connectivity index (χ0v) is 15.1. The maximum absolute atomic E-state index is 13.0. The van der Waals surface area contributed by atoms with Crippen molar-refractivity contribution in [1.29, 1.82) is 0 Å². The Labute approximate surface area is 149 Å². The fraction of sp³-hybridized carbons (Fsp3) is 0.389. The number of nitrogens with zero attached hydrogens (tertiary/aromatic N) is 3. The third-order valence-electron chi connectivity index (χ3n) is 4.43. The van der Waals surface area contributed by atoms with Gasteiger partial charge in [-0.05, 0) is 51.0 Å². The number of hydrogen-bond acceptors (Lipinski definition) is 3. The molecule has 1 saturated heterocycles. The molecule has 0 aliphatic carbocycles. The third-order valence-corrected chi connectivity index (χ3v) is 5.53. The molecule has 3 rings (SSSR count). The molecule has 0 saturated carbocycles. The van der Waals surface area contributed by atoms with Crippen molar-refractivity contribution in [2.75, 3.05) is 13.1 Å². The van der Waals surface area contributed by atoms with E-state index in [2.05, 4.69) is 4.99 Å². The van der Waals surface area contributed by atoms with Crippen LogP contribution in [0.25, 0.3) is 0 Å². The molecule has 0 bridgehead atoms. The Morgan fingerprint density at radius 2 is 1.80 bits per heavy atom. The maximum Gasteiger partial charge on any atom is 0.279 e. The van der Waals surface area contributed by atoms with Crippen LogP contribution in [0.1, 0.15) is 33.8 Å². The van der Waals surface area contributed by atoms with E-state index in [-0.39, 0.29) is 12.5 Å². The lowest BCUT2D eigenvalue weighted by atomic mass is 10.2. The zero-order valence-electron chi connectivity index (χ0n) is 14.3. The SMILES string of the molecule is Cc1sc(=NC(=O)c2ccc(F)cc2)n(CC(=O)N2CCCC2)c1C. The van der Waals surface area contributed by atoms with Crippen molar-refractivity contribution < 1.29 is 14.0 Å². The molecule has 1 aliphatic rings. The number of hydrogen-bond donors (Lipinski definition) is 0. The van der Waals surface area contributed by atoms with E-state index in [0.717, 1.165) is 36.5 Å². The third kappa shape index (κ3) is 3.87. The number of benzene rings is 1. The molecule has 1 aromatic carbocycles. The average molecular weight is 361 g/mol. The normalized spacial score (nSPS) is 15.0. The first-order chi connectivity index (χ1) is 12.0. The number of thiazole rings is 1. The van der Waals surface area contributed by atoms with Gasteiger partial charge in [-0.1, -0.05) is 0 Å². The Bertz CT molecular complexity index is 861. The largest absolute Gasteiger partial charge is 0.341 e. The molecule has 2 aromatic rings. The van der Waals surface area contributed by atoms with Crippen molar-refractivity contribution in [2.45, 2.75) is 33.2 Å². The number of carbonyl (C=O) groups excluding carboxylic acids is 2. The average Bonchev–Trinajstić information content (AvgIpc) is 3.20. The molecule has 1 aliphatic heterocycles. The Balaban J connectivity index is 1.90. The predicted molar refractivity (Wildman–Crippen MR) is 93.9 cm³/mol. The summed E-state index contributed by atoms with van der Waals surface area (Å²) >= 11 is 1.38. The molecule has 25 heavy (non-hydrogen) atoms. The van der Waals surface area contributed by atoms with E-state index < -0.39 is 11.7 Å². The van der Waals surface area contributed by atoms with Crippen LogP contribution in [-0.2, 0) is 11.3 Å². The fourth-order valence-corrected chi connectivity index (χ4v) is 3.79. The monoisotopic (exact) mass is 361 g/mol. The van der Waals surface area contributed by atoms with E-state index in [4.69, 9.17) is 0 Å². The quantitative estimate of drug-likeness (QED) is 0.844. The summed E-state index contributed by atoms with van der Waals surface area (Å²) in [7, 11) is 0. The minimum atomic E-state index is -0.441. The smallest absolute Gasteiger partial charge is 0.279 e. The van der Waals surface area contributed by atoms with Gasteiger partial charge in [0.05, 0.1) is 0 Å². The summed E-state index contributed by atoms with van der Waals surface area (Å²) in [6, 6.07) is 5.29. The van der Waals surface area contributed by atoms with Crippen molar-refractivity contribution >= 4 is 23.2 Å². The molecule has 0 unspecified atom stereocenters. The van der Waals surface area contributed by atoms with Gasteiger partial charge in [0, 0.05) is 29.2 Å². The molecule has 2 heterocycles. The lowest BCUT2D eigenvalue weighted by Crippen LogP contribution is -2.34. The Hall–Kier alpha value is -2.28. The molecule has 1 aromatic heterocycles. The van der Waals surface area contributed by atoms with Crippen LogP contribution in [0.15, 0.2) is 29.3 Å². The highest BCUT2D eigenvalue weighted by molar-refractivity contribution is 7.09. The van der Waals surface area contributed by atoms with E-state index in [1.54, 1.807) is 4.57 Å². The fourth-order valence-electron chi connectivity index (χ4n) is 2.81. The van der Waals surface area contributed by atoms with E-state index in [0.29, 0.717) is 10.4 Å². The molecule has 0 spiro atoms. The molecule has 2 amide bonds. The van der Waals surface area contributed by atoms with Gasteiger partial charge in [-0.2, -0.15) is 4.99 Å². The Morgan fingerprint density at radius 1 is 1.16 bits per heavy atom. The van der Waals surface area contributed by atoms with Crippen molar-refractivity contribution in [3.63, 3.8) is 0 Å². The van der Waals surface area contributed by atoms with Gasteiger partial charge in [0.2, 0.25) is 5.91 Å². The standard InChI is InChI=1S/C18H20FN3O2S/c1-12-13(2)25-18(20-17(24)14-5-7-15(19)8-6-14)22(12)11-16(23)21-9-3-4-10-21/h5-8H,3-4,9-11H2,1-2H3. The van der Waals surface area contributed by atoms with Gasteiger partial charge in [0.1, 0.15) is 12.4 Å². The van der Waals surface area contributed by atoms with Gasteiger partial charge in [-0.3, -0.25) is 9.59 Å². The molecule has 5 nitrogen and oxygen atoms in total. The number of likely N-dealkylation sites (tertiary alicyclic amines) is 1. The van der Waals surface area contributed by atoms with Crippen LogP contribution in [0.4, 0.5) is 4.39 Å². The van der Waals surface area contributed by atoms with Crippen molar-refractivity contribution in [3.05, 3.63) is 51.0 Å². The second-order valence-electron chi connectivity index (χ2n) is 6.12. The minimum absolute atomic E-state index is 0.0501. The van der Waals surface area contributed by atoms with E-state index in [1.165, 1.54) is 35.6 Å². The molecular formula is C18H20FN3O2S. The summed E-state index contributed by atoms with van der Waals surface area (Å²) in [5, 5.41) is 0. The van der Waals surface area contributed by atoms with E-state index in [1.807, 2.05) is 18.7 Å². The first-order valence-corrected chi connectivity index (χ1v) is 9.06. The number of carbonyl (C=O) groups is 2. The number of amides is 2. The molecule has 132 valence electrons.